The number of aromatic nitrogens is 2. The maximum Gasteiger partial charge on any atom is 0.257 e. The summed E-state index contributed by atoms with van der Waals surface area (Å²) in [7, 11) is 2.89. The predicted molar refractivity (Wildman–Crippen MR) is 147 cm³/mol. The van der Waals surface area contributed by atoms with Crippen LogP contribution in [0.15, 0.2) is 57.6 Å². The lowest BCUT2D eigenvalue weighted by atomic mass is 9.69. The molecule has 1 atom stereocenters. The minimum absolute atomic E-state index is 0.0253. The topological polar surface area (TPSA) is 114 Å². The van der Waals surface area contributed by atoms with Crippen molar-refractivity contribution < 1.29 is 19.4 Å². The lowest BCUT2D eigenvalue weighted by molar-refractivity contribution is -0.118. The third-order valence-corrected chi connectivity index (χ3v) is 7.98. The second-order valence-electron chi connectivity index (χ2n) is 10.6. The SMILES string of the molecule is COc1cc(C2C3=C(CC(C)(C)CC3=O)Nc3nc(SCc4ccc(C)cc4)[nH]c(=O)c32)cc(OC)c1O. The number of aromatic hydroxyl groups is 1. The molecule has 5 rings (SSSR count). The molecule has 2 heterocycles. The van der Waals surface area contributed by atoms with Crippen molar-refractivity contribution in [3.63, 3.8) is 0 Å². The molecule has 8 nitrogen and oxygen atoms in total. The molecule has 1 unspecified atom stereocenters. The van der Waals surface area contributed by atoms with Gasteiger partial charge in [-0.1, -0.05) is 55.4 Å². The van der Waals surface area contributed by atoms with E-state index < -0.39 is 5.92 Å². The predicted octanol–water partition coefficient (Wildman–Crippen LogP) is 5.29. The monoisotopic (exact) mass is 533 g/mol. The molecule has 1 aromatic heterocycles. The van der Waals surface area contributed by atoms with E-state index in [1.54, 1.807) is 12.1 Å². The number of aromatic amines is 1. The van der Waals surface area contributed by atoms with Crippen molar-refractivity contribution in [2.75, 3.05) is 19.5 Å². The van der Waals surface area contributed by atoms with Crippen molar-refractivity contribution in [3.8, 4) is 17.2 Å². The molecule has 1 aliphatic heterocycles. The highest BCUT2D eigenvalue weighted by Crippen LogP contribution is 2.50. The van der Waals surface area contributed by atoms with Crippen LogP contribution in [0.2, 0.25) is 0 Å². The maximum atomic E-state index is 13.6. The number of carbonyl (C=O) groups is 1. The van der Waals surface area contributed by atoms with Crippen LogP contribution in [0.3, 0.4) is 0 Å². The number of ether oxygens (including phenoxy) is 2. The Morgan fingerprint density at radius 3 is 2.37 bits per heavy atom. The molecular formula is C29H31N3O5S. The fourth-order valence-electron chi connectivity index (χ4n) is 5.21. The minimum atomic E-state index is -0.694. The van der Waals surface area contributed by atoms with E-state index in [1.807, 2.05) is 6.92 Å². The number of Topliss-reactive ketones (excluding diaryl/α,β-unsaturated/α-hetero) is 1. The van der Waals surface area contributed by atoms with E-state index in [0.717, 1.165) is 11.3 Å². The second-order valence-corrected chi connectivity index (χ2v) is 11.5. The number of aryl methyl sites for hydroxylation is 1. The Balaban J connectivity index is 1.63. The first-order valence-electron chi connectivity index (χ1n) is 12.4. The van der Waals surface area contributed by atoms with Crippen LogP contribution in [0, 0.1) is 12.3 Å². The molecule has 0 saturated carbocycles. The van der Waals surface area contributed by atoms with Gasteiger partial charge in [-0.25, -0.2) is 4.98 Å². The van der Waals surface area contributed by atoms with Crippen molar-refractivity contribution in [1.82, 2.24) is 9.97 Å². The van der Waals surface area contributed by atoms with Crippen molar-refractivity contribution in [2.45, 2.75) is 50.4 Å². The first-order chi connectivity index (χ1) is 18.1. The Morgan fingerprint density at radius 1 is 1.08 bits per heavy atom. The fraction of sp³-hybridized carbons (Fsp3) is 0.345. The number of nitrogens with one attached hydrogen (secondary N) is 2. The van der Waals surface area contributed by atoms with E-state index in [-0.39, 0.29) is 34.0 Å². The van der Waals surface area contributed by atoms with Crippen LogP contribution in [0.4, 0.5) is 5.82 Å². The number of hydrogen-bond donors (Lipinski definition) is 3. The molecule has 2 aliphatic rings. The summed E-state index contributed by atoms with van der Waals surface area (Å²) in [6.45, 7) is 6.16. The summed E-state index contributed by atoms with van der Waals surface area (Å²) in [6, 6.07) is 11.5. The van der Waals surface area contributed by atoms with Gasteiger partial charge in [0, 0.05) is 29.4 Å². The van der Waals surface area contributed by atoms with Crippen molar-refractivity contribution in [2.24, 2.45) is 5.41 Å². The van der Waals surface area contributed by atoms with Crippen LogP contribution in [0.25, 0.3) is 0 Å². The molecule has 3 aromatic rings. The normalized spacial score (nSPS) is 17.9. The number of methoxy groups -OCH3 is 2. The number of carbonyl (C=O) groups excluding carboxylic acids is 1. The van der Waals surface area contributed by atoms with Gasteiger partial charge in [0.2, 0.25) is 5.75 Å². The third-order valence-electron chi connectivity index (χ3n) is 7.03. The minimum Gasteiger partial charge on any atom is -0.502 e. The number of phenolic OH excluding ortho intramolecular Hbond substituents is 1. The van der Waals surface area contributed by atoms with Crippen LogP contribution in [0.5, 0.6) is 17.2 Å². The van der Waals surface area contributed by atoms with Crippen LogP contribution in [-0.4, -0.2) is 35.1 Å². The lowest BCUT2D eigenvalue weighted by Gasteiger charge is -2.38. The largest absolute Gasteiger partial charge is 0.502 e. The third kappa shape index (κ3) is 4.78. The summed E-state index contributed by atoms with van der Waals surface area (Å²) in [5.41, 5.74) is 4.01. The Labute approximate surface area is 225 Å². The quantitative estimate of drug-likeness (QED) is 0.289. The van der Waals surface area contributed by atoms with Gasteiger partial charge in [-0.3, -0.25) is 9.59 Å². The standard InChI is InChI=1S/C29H31N3O5S/c1-15-6-8-16(9-7-15)14-38-28-31-26-24(27(35)32-28)22(17-10-20(36-4)25(34)21(11-17)37-5)23-18(30-26)12-29(2,3)13-19(23)33/h6-11,22,34H,12-14H2,1-5H3,(H2,30,31,32,35). The first-order valence-corrected chi connectivity index (χ1v) is 13.4. The van der Waals surface area contributed by atoms with E-state index in [0.29, 0.717) is 46.3 Å². The number of phenols is 1. The van der Waals surface area contributed by atoms with Gasteiger partial charge in [-0.05, 0) is 42.0 Å². The highest BCUT2D eigenvalue weighted by Gasteiger charge is 2.43. The van der Waals surface area contributed by atoms with E-state index in [1.165, 1.54) is 31.5 Å². The number of hydrogen-bond acceptors (Lipinski definition) is 8. The molecule has 0 amide bonds. The molecular weight excluding hydrogens is 502 g/mol. The molecule has 0 saturated heterocycles. The number of H-pyrrole nitrogens is 1. The number of anilines is 1. The molecule has 0 bridgehead atoms. The van der Waals surface area contributed by atoms with Gasteiger partial charge in [0.1, 0.15) is 5.82 Å². The lowest BCUT2D eigenvalue weighted by Crippen LogP contribution is -2.37. The number of benzene rings is 2. The number of nitrogens with zero attached hydrogens (tertiary/aromatic N) is 1. The summed E-state index contributed by atoms with van der Waals surface area (Å²) in [5.74, 6) is 0.605. The van der Waals surface area contributed by atoms with Crippen LogP contribution >= 0.6 is 11.8 Å². The Kier molecular flexibility index (Phi) is 6.73. The number of fused-ring (bicyclic) bond motifs is 1. The van der Waals surface area contributed by atoms with Crippen molar-refractivity contribution >= 4 is 23.4 Å². The highest BCUT2D eigenvalue weighted by molar-refractivity contribution is 7.98. The maximum absolute atomic E-state index is 13.6. The van der Waals surface area contributed by atoms with Gasteiger partial charge in [0.25, 0.3) is 5.56 Å². The summed E-state index contributed by atoms with van der Waals surface area (Å²) in [6.07, 6.45) is 0.998. The average Bonchev–Trinajstić information content (AvgIpc) is 2.86. The summed E-state index contributed by atoms with van der Waals surface area (Å²) >= 11 is 1.44. The second kappa shape index (κ2) is 9.87. The van der Waals surface area contributed by atoms with Gasteiger partial charge in [0.05, 0.1) is 19.8 Å². The molecule has 2 aromatic carbocycles. The molecule has 0 radical (unpaired) electrons. The number of ketones is 1. The Hall–Kier alpha value is -3.72. The van der Waals surface area contributed by atoms with Crippen molar-refractivity contribution in [3.05, 3.63) is 80.3 Å². The van der Waals surface area contributed by atoms with Gasteiger partial charge in [0.15, 0.2) is 22.4 Å². The van der Waals surface area contributed by atoms with Gasteiger partial charge < -0.3 is 24.9 Å². The van der Waals surface area contributed by atoms with E-state index in [9.17, 15) is 14.7 Å². The first kappa shape index (κ1) is 25.9. The smallest absolute Gasteiger partial charge is 0.257 e. The van der Waals surface area contributed by atoms with E-state index in [4.69, 9.17) is 14.5 Å². The number of thioether (sulfide) groups is 1. The van der Waals surface area contributed by atoms with Gasteiger partial charge in [-0.2, -0.15) is 0 Å². The fourth-order valence-corrected chi connectivity index (χ4v) is 6.03. The summed E-state index contributed by atoms with van der Waals surface area (Å²) in [5, 5.41) is 14.3. The number of rotatable bonds is 6. The molecule has 9 heteroatoms. The van der Waals surface area contributed by atoms with E-state index in [2.05, 4.69) is 48.4 Å². The van der Waals surface area contributed by atoms with Crippen molar-refractivity contribution in [1.29, 1.82) is 0 Å². The zero-order valence-electron chi connectivity index (χ0n) is 22.1. The zero-order valence-corrected chi connectivity index (χ0v) is 22.9. The molecule has 1 aliphatic carbocycles. The Bertz CT molecular complexity index is 1480. The van der Waals surface area contributed by atoms with Gasteiger partial charge >= 0.3 is 0 Å². The molecule has 198 valence electrons. The average molecular weight is 534 g/mol. The molecule has 0 fully saturated rings. The molecule has 38 heavy (non-hydrogen) atoms. The Morgan fingerprint density at radius 2 is 1.74 bits per heavy atom. The zero-order chi connectivity index (χ0) is 27.2. The molecule has 0 spiro atoms. The summed E-state index contributed by atoms with van der Waals surface area (Å²) in [4.78, 5) is 34.9. The van der Waals surface area contributed by atoms with Crippen LogP contribution < -0.4 is 20.3 Å². The number of allylic oxidation sites excluding steroid dienone is 2. The summed E-state index contributed by atoms with van der Waals surface area (Å²) < 4.78 is 10.8. The van der Waals surface area contributed by atoms with Gasteiger partial charge in [-0.15, -0.1) is 0 Å². The van der Waals surface area contributed by atoms with Crippen LogP contribution in [0.1, 0.15) is 54.9 Å². The van der Waals surface area contributed by atoms with E-state index >= 15 is 0 Å². The van der Waals surface area contributed by atoms with Crippen LogP contribution in [-0.2, 0) is 10.5 Å². The molecule has 3 N–H and O–H groups in total. The highest BCUT2D eigenvalue weighted by atomic mass is 32.2.